The van der Waals surface area contributed by atoms with Crippen molar-refractivity contribution in [1.29, 1.82) is 0 Å². The van der Waals surface area contributed by atoms with Gasteiger partial charge in [-0.1, -0.05) is 42.5 Å². The average molecular weight is 436 g/mol. The van der Waals surface area contributed by atoms with E-state index >= 15 is 0 Å². The highest BCUT2D eigenvalue weighted by Gasteiger charge is 2.38. The summed E-state index contributed by atoms with van der Waals surface area (Å²) in [5, 5.41) is 0. The van der Waals surface area contributed by atoms with Gasteiger partial charge in [0.2, 0.25) is 0 Å². The van der Waals surface area contributed by atoms with Crippen molar-refractivity contribution in [2.24, 2.45) is 4.99 Å². The van der Waals surface area contributed by atoms with Crippen LogP contribution in [0, 0.1) is 5.82 Å². The van der Waals surface area contributed by atoms with Gasteiger partial charge in [-0.25, -0.2) is 9.37 Å². The van der Waals surface area contributed by atoms with Gasteiger partial charge in [-0.2, -0.15) is 13.2 Å². The molecule has 0 saturated heterocycles. The fourth-order valence-corrected chi connectivity index (χ4v) is 3.85. The normalized spacial score (nSPS) is 16.1. The molecule has 0 saturated carbocycles. The Labute approximate surface area is 180 Å². The van der Waals surface area contributed by atoms with Crippen molar-refractivity contribution in [1.82, 2.24) is 9.38 Å². The van der Waals surface area contributed by atoms with E-state index in [4.69, 9.17) is 4.98 Å². The minimum Gasteiger partial charge on any atom is -0.305 e. The van der Waals surface area contributed by atoms with Crippen molar-refractivity contribution >= 4 is 17.7 Å². The number of halogens is 4. The lowest BCUT2D eigenvalue weighted by molar-refractivity contribution is -0.138. The van der Waals surface area contributed by atoms with Crippen molar-refractivity contribution < 1.29 is 17.6 Å². The van der Waals surface area contributed by atoms with Crippen LogP contribution in [0.4, 0.5) is 23.4 Å². The number of fused-ring (bicyclic) bond motifs is 1. The molecule has 2 aromatic heterocycles. The second kappa shape index (κ2) is 7.64. The summed E-state index contributed by atoms with van der Waals surface area (Å²) in [6.45, 7) is 0. The second-order valence-corrected chi connectivity index (χ2v) is 7.23. The van der Waals surface area contributed by atoms with Gasteiger partial charge in [0.15, 0.2) is 6.17 Å². The van der Waals surface area contributed by atoms with E-state index in [-0.39, 0.29) is 5.56 Å². The molecule has 0 radical (unpaired) electrons. The predicted octanol–water partition coefficient (Wildman–Crippen LogP) is 6.26. The maximum Gasteiger partial charge on any atom is 0.416 e. The van der Waals surface area contributed by atoms with Gasteiger partial charge in [0.25, 0.3) is 0 Å². The maximum absolute atomic E-state index is 13.8. The van der Waals surface area contributed by atoms with E-state index in [1.165, 1.54) is 6.21 Å². The van der Waals surface area contributed by atoms with Gasteiger partial charge in [0.1, 0.15) is 23.0 Å². The standard InChI is InChI=1S/C24H16F4N4/c25-17-10-11-18(19(15-17)24(26,27)28)22-29-12-6-14-32(22)23-21(16-7-2-1-3-8-16)30-20-9-4-5-13-31(20)23/h1-15,22H. The van der Waals surface area contributed by atoms with Crippen molar-refractivity contribution in [2.75, 3.05) is 4.90 Å². The third-order valence-electron chi connectivity index (χ3n) is 5.22. The molecule has 0 N–H and O–H groups in total. The first-order valence-electron chi connectivity index (χ1n) is 9.81. The number of aliphatic imine (C=N–C) groups is 1. The SMILES string of the molecule is Fc1ccc(C2N=CC=CN2c2c(-c3ccccc3)nc3ccccn23)c(C(F)(F)F)c1. The molecule has 1 aliphatic heterocycles. The molecule has 8 heteroatoms. The highest BCUT2D eigenvalue weighted by atomic mass is 19.4. The number of allylic oxidation sites excluding steroid dienone is 1. The minimum atomic E-state index is -4.73. The summed E-state index contributed by atoms with van der Waals surface area (Å²) in [6, 6.07) is 17.5. The van der Waals surface area contributed by atoms with Gasteiger partial charge in [0, 0.05) is 29.7 Å². The van der Waals surface area contributed by atoms with Gasteiger partial charge in [0.05, 0.1) is 5.56 Å². The largest absolute Gasteiger partial charge is 0.416 e. The molecule has 2 aromatic carbocycles. The van der Waals surface area contributed by atoms with E-state index in [0.717, 1.165) is 17.7 Å². The summed E-state index contributed by atoms with van der Waals surface area (Å²) >= 11 is 0. The van der Waals surface area contributed by atoms with E-state index in [0.29, 0.717) is 23.2 Å². The number of imidazole rings is 1. The van der Waals surface area contributed by atoms with Gasteiger partial charge < -0.3 is 4.90 Å². The molecular formula is C24H16F4N4. The highest BCUT2D eigenvalue weighted by Crippen LogP contribution is 2.42. The number of hydrogen-bond acceptors (Lipinski definition) is 3. The van der Waals surface area contributed by atoms with Crippen LogP contribution in [0.15, 0.2) is 90.2 Å². The van der Waals surface area contributed by atoms with Gasteiger partial charge >= 0.3 is 6.18 Å². The molecule has 1 aliphatic rings. The first-order chi connectivity index (χ1) is 15.4. The fourth-order valence-electron chi connectivity index (χ4n) is 3.85. The van der Waals surface area contributed by atoms with Crippen LogP contribution in [0.5, 0.6) is 0 Å². The van der Waals surface area contributed by atoms with Gasteiger partial charge in [-0.3, -0.25) is 9.39 Å². The molecule has 0 aliphatic carbocycles. The molecule has 0 bridgehead atoms. The zero-order chi connectivity index (χ0) is 22.3. The van der Waals surface area contributed by atoms with Crippen molar-refractivity contribution in [2.45, 2.75) is 12.3 Å². The Morgan fingerprint density at radius 1 is 0.906 bits per heavy atom. The molecule has 4 aromatic rings. The lowest BCUT2D eigenvalue weighted by atomic mass is 10.0. The van der Waals surface area contributed by atoms with Crippen LogP contribution in [0.1, 0.15) is 17.3 Å². The van der Waals surface area contributed by atoms with Crippen LogP contribution in [-0.4, -0.2) is 15.6 Å². The summed E-state index contributed by atoms with van der Waals surface area (Å²) in [5.41, 5.74) is 0.833. The third kappa shape index (κ3) is 3.43. The highest BCUT2D eigenvalue weighted by molar-refractivity contribution is 5.81. The molecular weight excluding hydrogens is 420 g/mol. The Kier molecular flexibility index (Phi) is 4.77. The number of benzene rings is 2. The number of pyridine rings is 1. The van der Waals surface area contributed by atoms with Crippen molar-refractivity contribution in [3.8, 4) is 11.3 Å². The molecule has 3 heterocycles. The summed E-state index contributed by atoms with van der Waals surface area (Å²) < 4.78 is 56.9. The van der Waals surface area contributed by atoms with Crippen LogP contribution >= 0.6 is 0 Å². The molecule has 1 atom stereocenters. The number of nitrogens with zero attached hydrogens (tertiary/aromatic N) is 4. The number of aromatic nitrogens is 2. The Morgan fingerprint density at radius 2 is 1.69 bits per heavy atom. The third-order valence-corrected chi connectivity index (χ3v) is 5.22. The quantitative estimate of drug-likeness (QED) is 0.355. The zero-order valence-corrected chi connectivity index (χ0v) is 16.5. The monoisotopic (exact) mass is 436 g/mol. The summed E-state index contributed by atoms with van der Waals surface area (Å²) in [4.78, 5) is 10.7. The van der Waals surface area contributed by atoms with E-state index in [9.17, 15) is 17.6 Å². The van der Waals surface area contributed by atoms with Crippen LogP contribution < -0.4 is 4.90 Å². The predicted molar refractivity (Wildman–Crippen MR) is 115 cm³/mol. The van der Waals surface area contributed by atoms with Crippen molar-refractivity contribution in [3.05, 3.63) is 102 Å². The number of hydrogen-bond donors (Lipinski definition) is 0. The Hall–Kier alpha value is -3.94. The molecule has 0 amide bonds. The number of alkyl halides is 3. The Bertz CT molecular complexity index is 1340. The molecule has 0 fully saturated rings. The summed E-state index contributed by atoms with van der Waals surface area (Å²) in [6.07, 6.45) is 0.745. The smallest absolute Gasteiger partial charge is 0.305 e. The lowest BCUT2D eigenvalue weighted by Crippen LogP contribution is -2.28. The first kappa shape index (κ1) is 20.0. The topological polar surface area (TPSA) is 32.9 Å². The second-order valence-electron chi connectivity index (χ2n) is 7.23. The Morgan fingerprint density at radius 3 is 2.47 bits per heavy atom. The molecule has 5 rings (SSSR count). The van der Waals surface area contributed by atoms with Crippen LogP contribution in [-0.2, 0) is 6.18 Å². The molecule has 32 heavy (non-hydrogen) atoms. The van der Waals surface area contributed by atoms with Crippen LogP contribution in [0.3, 0.4) is 0 Å². The van der Waals surface area contributed by atoms with E-state index in [1.807, 2.05) is 48.5 Å². The average Bonchev–Trinajstić information content (AvgIpc) is 3.19. The van der Waals surface area contributed by atoms with Gasteiger partial charge in [-0.05, 0) is 30.3 Å². The fraction of sp³-hybridized carbons (Fsp3) is 0.0833. The first-order valence-corrected chi connectivity index (χ1v) is 9.81. The minimum absolute atomic E-state index is 0.149. The molecule has 4 nitrogen and oxygen atoms in total. The molecule has 0 spiro atoms. The van der Waals surface area contributed by atoms with Gasteiger partial charge in [-0.15, -0.1) is 0 Å². The lowest BCUT2D eigenvalue weighted by Gasteiger charge is -2.31. The number of anilines is 1. The number of rotatable bonds is 3. The molecule has 1 unspecified atom stereocenters. The molecule has 160 valence electrons. The van der Waals surface area contributed by atoms with E-state index in [2.05, 4.69) is 4.99 Å². The van der Waals surface area contributed by atoms with Crippen molar-refractivity contribution in [3.63, 3.8) is 0 Å². The van der Waals surface area contributed by atoms with E-state index in [1.54, 1.807) is 27.8 Å². The van der Waals surface area contributed by atoms with E-state index < -0.39 is 23.7 Å². The van der Waals surface area contributed by atoms with Crippen LogP contribution in [0.2, 0.25) is 0 Å². The summed E-state index contributed by atoms with van der Waals surface area (Å²) in [5.74, 6) is -0.398. The summed E-state index contributed by atoms with van der Waals surface area (Å²) in [7, 11) is 0. The Balaban J connectivity index is 1.74. The maximum atomic E-state index is 13.8. The van der Waals surface area contributed by atoms with Crippen LogP contribution in [0.25, 0.3) is 16.9 Å². The zero-order valence-electron chi connectivity index (χ0n) is 16.5.